The minimum Gasteiger partial charge on any atom is -0.481 e. The van der Waals surface area contributed by atoms with Crippen molar-refractivity contribution < 1.29 is 19.4 Å². The number of carbonyl (C=O) groups is 1. The Hall–Kier alpha value is -1.43. The van der Waals surface area contributed by atoms with E-state index in [0.29, 0.717) is 12.3 Å². The highest BCUT2D eigenvalue weighted by Gasteiger charge is 2.48. The maximum absolute atomic E-state index is 11.6. The first kappa shape index (κ1) is 29.1. The molecule has 5 unspecified atom stereocenters. The quantitative estimate of drug-likeness (QED) is 0.180. The molecular weight excluding hydrogens is 464 g/mol. The Morgan fingerprint density at radius 3 is 2.53 bits per heavy atom. The first-order valence-corrected chi connectivity index (χ1v) is 17.1. The normalized spacial score (nSPS) is 28.1. The average molecular weight is 515 g/mol. The van der Waals surface area contributed by atoms with Crippen LogP contribution in [0.4, 0.5) is 0 Å². The second-order valence-electron chi connectivity index (χ2n) is 13.1. The SMILES string of the molecule is CC(C)(C)[Si](C)(C)OC(/C=C/C1CC2CCCCC2C(O)(CC(=O)O)C1)CCCCc1ccccc1. The van der Waals surface area contributed by atoms with Crippen molar-refractivity contribution >= 4 is 14.3 Å². The van der Waals surface area contributed by atoms with Gasteiger partial charge in [-0.25, -0.2) is 0 Å². The molecule has 2 aliphatic rings. The van der Waals surface area contributed by atoms with Crippen molar-refractivity contribution in [1.29, 1.82) is 0 Å². The molecule has 4 nitrogen and oxygen atoms in total. The Morgan fingerprint density at radius 2 is 1.86 bits per heavy atom. The lowest BCUT2D eigenvalue weighted by molar-refractivity contribution is -0.153. The summed E-state index contributed by atoms with van der Waals surface area (Å²) in [7, 11) is -1.94. The van der Waals surface area contributed by atoms with Crippen LogP contribution in [-0.2, 0) is 15.6 Å². The summed E-state index contributed by atoms with van der Waals surface area (Å²) in [6.07, 6.45) is 14.8. The van der Waals surface area contributed by atoms with Gasteiger partial charge in [0.25, 0.3) is 0 Å². The van der Waals surface area contributed by atoms with E-state index in [-0.39, 0.29) is 29.4 Å². The predicted octanol–water partition coefficient (Wildman–Crippen LogP) is 7.77. The van der Waals surface area contributed by atoms with Crippen LogP contribution in [0.25, 0.3) is 0 Å². The second kappa shape index (κ2) is 12.4. The number of hydrogen-bond acceptors (Lipinski definition) is 3. The third kappa shape index (κ3) is 8.03. The van der Waals surface area contributed by atoms with Crippen molar-refractivity contribution in [3.63, 3.8) is 0 Å². The third-order valence-electron chi connectivity index (χ3n) is 9.17. The van der Waals surface area contributed by atoms with E-state index in [2.05, 4.69) is 76.3 Å². The molecule has 2 N–H and O–H groups in total. The number of carboxylic acids is 1. The van der Waals surface area contributed by atoms with E-state index in [4.69, 9.17) is 4.43 Å². The van der Waals surface area contributed by atoms with Gasteiger partial charge in [-0.15, -0.1) is 0 Å². The first-order valence-electron chi connectivity index (χ1n) is 14.2. The highest BCUT2D eigenvalue weighted by molar-refractivity contribution is 6.74. The summed E-state index contributed by atoms with van der Waals surface area (Å²) in [5.74, 6) is -0.117. The third-order valence-corrected chi connectivity index (χ3v) is 13.7. The van der Waals surface area contributed by atoms with Crippen LogP contribution < -0.4 is 0 Å². The molecule has 5 atom stereocenters. The molecule has 36 heavy (non-hydrogen) atoms. The lowest BCUT2D eigenvalue weighted by Gasteiger charge is -2.49. The van der Waals surface area contributed by atoms with Crippen LogP contribution in [0.15, 0.2) is 42.5 Å². The number of benzene rings is 1. The smallest absolute Gasteiger partial charge is 0.306 e. The van der Waals surface area contributed by atoms with Gasteiger partial charge in [-0.3, -0.25) is 4.79 Å². The minimum atomic E-state index is -1.94. The molecule has 2 saturated carbocycles. The van der Waals surface area contributed by atoms with Crippen LogP contribution in [0.1, 0.15) is 90.5 Å². The van der Waals surface area contributed by atoms with Gasteiger partial charge < -0.3 is 14.6 Å². The van der Waals surface area contributed by atoms with Gasteiger partial charge in [0.2, 0.25) is 0 Å². The number of fused-ring (bicyclic) bond motifs is 1. The number of aliphatic hydroxyl groups is 1. The Labute approximate surface area is 220 Å². The van der Waals surface area contributed by atoms with Crippen molar-refractivity contribution in [2.75, 3.05) is 0 Å². The van der Waals surface area contributed by atoms with Gasteiger partial charge in [-0.2, -0.15) is 0 Å². The van der Waals surface area contributed by atoms with Gasteiger partial charge >= 0.3 is 5.97 Å². The Morgan fingerprint density at radius 1 is 1.17 bits per heavy atom. The van der Waals surface area contributed by atoms with Gasteiger partial charge in [0.05, 0.1) is 18.1 Å². The van der Waals surface area contributed by atoms with Gasteiger partial charge in [0.15, 0.2) is 8.32 Å². The van der Waals surface area contributed by atoms with Crippen molar-refractivity contribution in [2.24, 2.45) is 17.8 Å². The van der Waals surface area contributed by atoms with Gasteiger partial charge in [-0.1, -0.05) is 88.9 Å². The monoisotopic (exact) mass is 514 g/mol. The molecule has 0 saturated heterocycles. The predicted molar refractivity (Wildman–Crippen MR) is 151 cm³/mol. The number of unbranched alkanes of at least 4 members (excludes halogenated alkanes) is 1. The van der Waals surface area contributed by atoms with E-state index in [1.165, 1.54) is 12.0 Å². The molecule has 5 heteroatoms. The lowest BCUT2D eigenvalue weighted by atomic mass is 9.59. The van der Waals surface area contributed by atoms with Crippen molar-refractivity contribution in [1.82, 2.24) is 0 Å². The standard InChI is InChI=1S/C31H50O4Si/c1-30(2,3)36(4,5)35-27(17-11-9-15-24-13-7-6-8-14-24)20-19-25-21-26-16-10-12-18-28(26)31(34,22-25)23-29(32)33/h6-8,13-14,19-20,25-28,34H,9-12,15-18,21-23H2,1-5H3,(H,32,33)/b20-19+. The molecule has 0 heterocycles. The Balaban J connectivity index is 1.69. The maximum atomic E-state index is 11.6. The molecule has 3 rings (SSSR count). The van der Waals surface area contributed by atoms with Crippen molar-refractivity contribution in [3.8, 4) is 0 Å². The fourth-order valence-electron chi connectivity index (χ4n) is 6.24. The van der Waals surface area contributed by atoms with Gasteiger partial charge in [-0.05, 0) is 80.0 Å². The molecule has 1 aromatic rings. The zero-order valence-corrected chi connectivity index (χ0v) is 24.3. The summed E-state index contributed by atoms with van der Waals surface area (Å²) in [6.45, 7) is 11.5. The number of aryl methyl sites for hydroxylation is 1. The van der Waals surface area contributed by atoms with E-state index < -0.39 is 19.9 Å². The van der Waals surface area contributed by atoms with Crippen LogP contribution >= 0.6 is 0 Å². The number of carboxylic acid groups (broad SMARTS) is 1. The lowest BCUT2D eigenvalue weighted by Crippen LogP contribution is -2.50. The summed E-state index contributed by atoms with van der Waals surface area (Å²) in [6, 6.07) is 10.7. The minimum absolute atomic E-state index is 0.0679. The summed E-state index contributed by atoms with van der Waals surface area (Å²) in [4.78, 5) is 11.6. The van der Waals surface area contributed by atoms with E-state index >= 15 is 0 Å². The number of aliphatic carboxylic acids is 1. The zero-order valence-electron chi connectivity index (χ0n) is 23.3. The molecule has 0 spiro atoms. The highest BCUT2D eigenvalue weighted by atomic mass is 28.4. The van der Waals surface area contributed by atoms with Gasteiger partial charge in [0, 0.05) is 0 Å². The first-order chi connectivity index (χ1) is 16.9. The van der Waals surface area contributed by atoms with E-state index in [9.17, 15) is 15.0 Å². The molecule has 202 valence electrons. The molecule has 1 aromatic carbocycles. The molecule has 0 aliphatic heterocycles. The number of hydrogen-bond donors (Lipinski definition) is 2. The highest BCUT2D eigenvalue weighted by Crippen LogP contribution is 2.50. The number of rotatable bonds is 11. The van der Waals surface area contributed by atoms with Gasteiger partial charge in [0.1, 0.15) is 0 Å². The van der Waals surface area contributed by atoms with Crippen LogP contribution in [0.3, 0.4) is 0 Å². The second-order valence-corrected chi connectivity index (χ2v) is 17.8. The summed E-state index contributed by atoms with van der Waals surface area (Å²) >= 11 is 0. The summed E-state index contributed by atoms with van der Waals surface area (Å²) in [5.41, 5.74) is 0.298. The molecule has 0 bridgehead atoms. The molecule has 0 aromatic heterocycles. The van der Waals surface area contributed by atoms with Crippen LogP contribution in [0.5, 0.6) is 0 Å². The maximum Gasteiger partial charge on any atom is 0.306 e. The Kier molecular flexibility index (Phi) is 10.0. The molecule has 2 fully saturated rings. The van der Waals surface area contributed by atoms with E-state index in [1.807, 2.05) is 0 Å². The molecular formula is C31H50O4Si. The van der Waals surface area contributed by atoms with Crippen LogP contribution in [0, 0.1) is 17.8 Å². The molecule has 0 amide bonds. The summed E-state index contributed by atoms with van der Waals surface area (Å²) in [5, 5.41) is 21.2. The van der Waals surface area contributed by atoms with Crippen LogP contribution in [-0.4, -0.2) is 36.2 Å². The van der Waals surface area contributed by atoms with Crippen molar-refractivity contribution in [2.45, 2.75) is 121 Å². The fraction of sp³-hybridized carbons (Fsp3) is 0.710. The molecule has 0 radical (unpaired) electrons. The van der Waals surface area contributed by atoms with E-state index in [0.717, 1.165) is 51.4 Å². The van der Waals surface area contributed by atoms with Crippen LogP contribution in [0.2, 0.25) is 18.1 Å². The van der Waals surface area contributed by atoms with Crippen molar-refractivity contribution in [3.05, 3.63) is 48.0 Å². The molecule has 2 aliphatic carbocycles. The largest absolute Gasteiger partial charge is 0.481 e. The summed E-state index contributed by atoms with van der Waals surface area (Å²) < 4.78 is 6.86. The topological polar surface area (TPSA) is 66.8 Å². The van der Waals surface area contributed by atoms with E-state index in [1.54, 1.807) is 0 Å². The fourth-order valence-corrected chi connectivity index (χ4v) is 7.54. The number of allylic oxidation sites excluding steroid dienone is 1. The zero-order chi connectivity index (χ0) is 26.4. The Bertz CT molecular complexity index is 859. The average Bonchev–Trinajstić information content (AvgIpc) is 2.79.